The molecule has 180 valence electrons. The maximum absolute atomic E-state index is 10.5. The molecule has 1 aromatic rings. The summed E-state index contributed by atoms with van der Waals surface area (Å²) < 4.78 is 24.1. The summed E-state index contributed by atoms with van der Waals surface area (Å²) in [5.41, 5.74) is 2.18. The minimum absolute atomic E-state index is 0.247. The van der Waals surface area contributed by atoms with Gasteiger partial charge in [-0.25, -0.2) is 0 Å². The van der Waals surface area contributed by atoms with Crippen LogP contribution in [0.25, 0.3) is 0 Å². The zero-order chi connectivity index (χ0) is 23.1. The summed E-state index contributed by atoms with van der Waals surface area (Å²) in [4.78, 5) is 2.42. The second-order valence-corrected chi connectivity index (χ2v) is 9.92. The van der Waals surface area contributed by atoms with E-state index < -0.39 is 43.4 Å². The van der Waals surface area contributed by atoms with Gasteiger partial charge in [-0.3, -0.25) is 0 Å². The van der Waals surface area contributed by atoms with Crippen LogP contribution in [0.1, 0.15) is 17.5 Å². The number of piperidine rings is 1. The molecule has 1 spiro atoms. The number of hydrogen-bond donors (Lipinski definition) is 4. The molecule has 2 aliphatic carbocycles. The Hall–Kier alpha value is -1.72. The fourth-order valence-electron chi connectivity index (χ4n) is 6.82. The van der Waals surface area contributed by atoms with Gasteiger partial charge in [0.25, 0.3) is 0 Å². The molecule has 0 amide bonds. The van der Waals surface area contributed by atoms with E-state index >= 15 is 0 Å². The number of benzene rings is 1. The van der Waals surface area contributed by atoms with Crippen molar-refractivity contribution in [3.05, 3.63) is 35.4 Å². The van der Waals surface area contributed by atoms with Crippen LogP contribution < -0.4 is 9.47 Å². The average molecular weight is 462 g/mol. The second kappa shape index (κ2) is 7.64. The lowest BCUT2D eigenvalue weighted by Gasteiger charge is -2.57. The van der Waals surface area contributed by atoms with Crippen LogP contribution >= 0.6 is 0 Å². The van der Waals surface area contributed by atoms with Crippen molar-refractivity contribution in [3.63, 3.8) is 0 Å². The Bertz CT molecular complexity index is 968. The van der Waals surface area contributed by atoms with Crippen molar-refractivity contribution < 1.29 is 39.4 Å². The molecular formula is C24H31NO8. The Morgan fingerprint density at radius 1 is 1.15 bits per heavy atom. The summed E-state index contributed by atoms with van der Waals surface area (Å²) in [6, 6.07) is 4.44. The van der Waals surface area contributed by atoms with Gasteiger partial charge in [0.05, 0.1) is 13.7 Å². The predicted molar refractivity (Wildman–Crippen MR) is 115 cm³/mol. The van der Waals surface area contributed by atoms with E-state index in [0.29, 0.717) is 11.8 Å². The Morgan fingerprint density at radius 2 is 1.97 bits per heavy atom. The van der Waals surface area contributed by atoms with Gasteiger partial charge in [-0.05, 0) is 38.1 Å². The number of nitrogens with zero attached hydrogens (tertiary/aromatic N) is 1. The number of ether oxygens (including phenoxy) is 4. The summed E-state index contributed by atoms with van der Waals surface area (Å²) >= 11 is 0. The van der Waals surface area contributed by atoms with E-state index in [0.717, 1.165) is 25.1 Å². The minimum atomic E-state index is -1.49. The summed E-state index contributed by atoms with van der Waals surface area (Å²) in [5.74, 6) is 1.70. The highest BCUT2D eigenvalue weighted by molar-refractivity contribution is 5.62. The Kier molecular flexibility index (Phi) is 5.05. The molecule has 0 unspecified atom stereocenters. The van der Waals surface area contributed by atoms with Gasteiger partial charge in [0.15, 0.2) is 17.8 Å². The first-order valence-electron chi connectivity index (χ1n) is 11.6. The molecule has 5 aliphatic rings. The Morgan fingerprint density at radius 3 is 2.73 bits per heavy atom. The van der Waals surface area contributed by atoms with Gasteiger partial charge >= 0.3 is 0 Å². The van der Waals surface area contributed by atoms with Crippen molar-refractivity contribution in [3.8, 4) is 11.5 Å². The smallest absolute Gasteiger partial charge is 0.187 e. The third kappa shape index (κ3) is 2.84. The van der Waals surface area contributed by atoms with Gasteiger partial charge in [-0.1, -0.05) is 18.2 Å². The van der Waals surface area contributed by atoms with E-state index in [2.05, 4.69) is 24.1 Å². The second-order valence-electron chi connectivity index (χ2n) is 9.92. The number of likely N-dealkylation sites (tertiary alicyclic amines) is 1. The maximum Gasteiger partial charge on any atom is 0.187 e. The van der Waals surface area contributed by atoms with Gasteiger partial charge in [0, 0.05) is 22.9 Å². The highest BCUT2D eigenvalue weighted by Crippen LogP contribution is 2.62. The quantitative estimate of drug-likeness (QED) is 0.433. The molecule has 9 heteroatoms. The van der Waals surface area contributed by atoms with Crippen molar-refractivity contribution in [1.29, 1.82) is 0 Å². The predicted octanol–water partition coefficient (Wildman–Crippen LogP) is -0.675. The third-order valence-corrected chi connectivity index (χ3v) is 8.47. The lowest BCUT2D eigenvalue weighted by Crippen LogP contribution is -2.66. The van der Waals surface area contributed by atoms with Crippen molar-refractivity contribution in [2.24, 2.45) is 5.92 Å². The molecule has 3 aliphatic heterocycles. The first kappa shape index (κ1) is 21.8. The molecule has 2 saturated heterocycles. The molecule has 1 aromatic carbocycles. The SMILES string of the molecule is COc1ccc2c3c1O[C@H]1[C@@H](O[C@@H]4O[C@H](CO)[C@@H](O)[C@H](O)[C@H]4O)C=C[C@H]4[C@@H](C2)N(C)CC[C@@]341. The summed E-state index contributed by atoms with van der Waals surface area (Å²) in [6.45, 7) is 0.426. The molecule has 3 heterocycles. The molecule has 6 rings (SSSR count). The van der Waals surface area contributed by atoms with E-state index in [1.807, 2.05) is 12.1 Å². The van der Waals surface area contributed by atoms with Crippen LogP contribution in [0, 0.1) is 5.92 Å². The van der Waals surface area contributed by atoms with Crippen LogP contribution in [0.3, 0.4) is 0 Å². The number of aliphatic hydroxyl groups is 4. The molecule has 9 nitrogen and oxygen atoms in total. The average Bonchev–Trinajstić information content (AvgIpc) is 3.17. The van der Waals surface area contributed by atoms with Crippen LogP contribution in [0.2, 0.25) is 0 Å². The van der Waals surface area contributed by atoms with E-state index in [1.54, 1.807) is 7.11 Å². The van der Waals surface area contributed by atoms with Crippen molar-refractivity contribution in [1.82, 2.24) is 4.90 Å². The third-order valence-electron chi connectivity index (χ3n) is 8.47. The molecule has 10 atom stereocenters. The van der Waals surface area contributed by atoms with Crippen LogP contribution in [0.5, 0.6) is 11.5 Å². The summed E-state index contributed by atoms with van der Waals surface area (Å²) in [6.07, 6.45) is -1.55. The number of rotatable bonds is 4. The molecule has 0 radical (unpaired) electrons. The highest BCUT2D eigenvalue weighted by Gasteiger charge is 2.65. The fourth-order valence-corrected chi connectivity index (χ4v) is 6.82. The fraction of sp³-hybridized carbons (Fsp3) is 0.667. The largest absolute Gasteiger partial charge is 0.493 e. The van der Waals surface area contributed by atoms with E-state index in [1.165, 1.54) is 11.1 Å². The Balaban J connectivity index is 1.39. The van der Waals surface area contributed by atoms with Gasteiger partial charge in [0.2, 0.25) is 0 Å². The molecule has 2 fully saturated rings. The molecule has 2 bridgehead atoms. The van der Waals surface area contributed by atoms with Gasteiger partial charge in [-0.15, -0.1) is 0 Å². The summed E-state index contributed by atoms with van der Waals surface area (Å²) in [5, 5.41) is 40.4. The number of aliphatic hydroxyl groups excluding tert-OH is 4. The van der Waals surface area contributed by atoms with Crippen LogP contribution in [-0.4, -0.2) is 102 Å². The zero-order valence-corrected chi connectivity index (χ0v) is 18.7. The summed E-state index contributed by atoms with van der Waals surface area (Å²) in [7, 11) is 3.81. The first-order valence-corrected chi connectivity index (χ1v) is 11.6. The maximum atomic E-state index is 10.5. The molecule has 0 aromatic heterocycles. The first-order chi connectivity index (χ1) is 15.9. The standard InChI is InChI=1S/C24H31NO8/c1-25-8-7-24-12-4-6-15(31-23-20(29)19(28)18(27)16(10-26)32-23)22(24)33-21-14(30-2)5-3-11(17(21)24)9-13(12)25/h3-6,12-13,15-16,18-20,22-23,26-29H,7-10H2,1-2H3/t12-,13+,15-,16+,18+,19-,20+,22-,23+,24-/m0/s1. The van der Waals surface area contributed by atoms with Crippen LogP contribution in [0.15, 0.2) is 24.3 Å². The molecular weight excluding hydrogens is 430 g/mol. The lowest BCUT2D eigenvalue weighted by atomic mass is 9.53. The van der Waals surface area contributed by atoms with E-state index in [4.69, 9.17) is 18.9 Å². The molecule has 4 N–H and O–H groups in total. The van der Waals surface area contributed by atoms with Crippen molar-refractivity contribution in [2.75, 3.05) is 27.3 Å². The monoisotopic (exact) mass is 461 g/mol. The number of hydrogen-bond acceptors (Lipinski definition) is 9. The number of likely N-dealkylation sites (N-methyl/N-ethyl adjacent to an activating group) is 1. The van der Waals surface area contributed by atoms with Crippen molar-refractivity contribution >= 4 is 0 Å². The van der Waals surface area contributed by atoms with Crippen LogP contribution in [0.4, 0.5) is 0 Å². The highest BCUT2D eigenvalue weighted by atomic mass is 16.7. The molecule has 33 heavy (non-hydrogen) atoms. The lowest BCUT2D eigenvalue weighted by molar-refractivity contribution is -0.314. The van der Waals surface area contributed by atoms with E-state index in [-0.39, 0.29) is 17.4 Å². The molecule has 0 saturated carbocycles. The van der Waals surface area contributed by atoms with Crippen molar-refractivity contribution in [2.45, 2.75) is 67.2 Å². The zero-order valence-electron chi connectivity index (χ0n) is 18.7. The van der Waals surface area contributed by atoms with Gasteiger partial charge in [-0.2, -0.15) is 0 Å². The van der Waals surface area contributed by atoms with Gasteiger partial charge < -0.3 is 44.3 Å². The normalized spacial score (nSPS) is 45.5. The Labute approximate surface area is 192 Å². The number of methoxy groups -OCH3 is 1. The minimum Gasteiger partial charge on any atom is -0.493 e. The topological polar surface area (TPSA) is 121 Å². The van der Waals surface area contributed by atoms with Gasteiger partial charge in [0.1, 0.15) is 36.6 Å². The van der Waals surface area contributed by atoms with E-state index in [9.17, 15) is 20.4 Å². The van der Waals surface area contributed by atoms with Crippen LogP contribution in [-0.2, 0) is 21.3 Å².